The van der Waals surface area contributed by atoms with Gasteiger partial charge in [-0.2, -0.15) is 13.2 Å². The van der Waals surface area contributed by atoms with Crippen molar-refractivity contribution in [2.45, 2.75) is 6.18 Å². The molecule has 0 unspecified atom stereocenters. The zero-order valence-corrected chi connectivity index (χ0v) is 9.92. The second-order valence-electron chi connectivity index (χ2n) is 2.85. The molecule has 0 amide bonds. The van der Waals surface area contributed by atoms with Crippen molar-refractivity contribution in [1.29, 1.82) is 0 Å². The van der Waals surface area contributed by atoms with Crippen molar-refractivity contribution in [3.8, 4) is 0 Å². The molecule has 16 heavy (non-hydrogen) atoms. The maximum Gasteiger partial charge on any atom is 0.408 e. The second kappa shape index (κ2) is 5.25. The van der Waals surface area contributed by atoms with Crippen LogP contribution >= 0.6 is 34.8 Å². The van der Waals surface area contributed by atoms with E-state index in [9.17, 15) is 13.2 Å². The Hall–Kier alpha value is -0.450. The molecule has 0 saturated carbocycles. The quantitative estimate of drug-likeness (QED) is 0.709. The van der Waals surface area contributed by atoms with Gasteiger partial charge in [0.2, 0.25) is 0 Å². The lowest BCUT2D eigenvalue weighted by Crippen LogP contribution is -2.13. The van der Waals surface area contributed by atoms with Crippen LogP contribution in [0.2, 0.25) is 10.0 Å². The van der Waals surface area contributed by atoms with Gasteiger partial charge in [0.25, 0.3) is 0 Å². The number of hydrogen-bond acceptors (Lipinski definition) is 1. The molecule has 0 aliphatic rings. The Labute approximate surface area is 105 Å². The SMILES string of the molecule is FC(F)(F)C/N=C(\Cl)c1ccc(Cl)c(Cl)c1. The molecule has 0 radical (unpaired) electrons. The predicted octanol–water partition coefficient (Wildman–Crippen LogP) is 4.54. The van der Waals surface area contributed by atoms with Crippen molar-refractivity contribution in [2.75, 3.05) is 6.54 Å². The van der Waals surface area contributed by atoms with Crippen LogP contribution < -0.4 is 0 Å². The summed E-state index contributed by atoms with van der Waals surface area (Å²) in [5.74, 6) is 0. The van der Waals surface area contributed by atoms with Crippen LogP contribution in [0, 0.1) is 0 Å². The lowest BCUT2D eigenvalue weighted by atomic mass is 10.2. The molecule has 0 spiro atoms. The Morgan fingerprint density at radius 3 is 2.31 bits per heavy atom. The minimum absolute atomic E-state index is 0.208. The first-order valence-electron chi connectivity index (χ1n) is 4.02. The lowest BCUT2D eigenvalue weighted by molar-refractivity contribution is -0.118. The normalized spacial score (nSPS) is 13.0. The number of hydrogen-bond donors (Lipinski definition) is 0. The van der Waals surface area contributed by atoms with Crippen LogP contribution in [0.15, 0.2) is 23.2 Å². The van der Waals surface area contributed by atoms with E-state index >= 15 is 0 Å². The molecule has 1 nitrogen and oxygen atoms in total. The summed E-state index contributed by atoms with van der Waals surface area (Å²) in [7, 11) is 0. The smallest absolute Gasteiger partial charge is 0.263 e. The molecule has 7 heteroatoms. The third kappa shape index (κ3) is 4.20. The average Bonchev–Trinajstić information content (AvgIpc) is 2.17. The number of rotatable bonds is 2. The van der Waals surface area contributed by atoms with Gasteiger partial charge in [-0.25, -0.2) is 0 Å². The Kier molecular flexibility index (Phi) is 4.47. The summed E-state index contributed by atoms with van der Waals surface area (Å²) >= 11 is 16.9. The molecule has 0 saturated heterocycles. The van der Waals surface area contributed by atoms with Crippen molar-refractivity contribution in [3.05, 3.63) is 33.8 Å². The molecule has 0 N–H and O–H groups in total. The second-order valence-corrected chi connectivity index (χ2v) is 4.02. The first-order valence-corrected chi connectivity index (χ1v) is 5.15. The van der Waals surface area contributed by atoms with Crippen molar-refractivity contribution in [2.24, 2.45) is 4.99 Å². The Bertz CT molecular complexity index is 415. The van der Waals surface area contributed by atoms with Gasteiger partial charge in [0.05, 0.1) is 10.0 Å². The fraction of sp³-hybridized carbons (Fsp3) is 0.222. The van der Waals surface area contributed by atoms with Gasteiger partial charge in [-0.1, -0.05) is 40.9 Å². The maximum atomic E-state index is 11.9. The van der Waals surface area contributed by atoms with Crippen LogP contribution in [0.4, 0.5) is 13.2 Å². The molecule has 88 valence electrons. The van der Waals surface area contributed by atoms with E-state index in [0.29, 0.717) is 10.6 Å². The molecule has 0 bridgehead atoms. The minimum Gasteiger partial charge on any atom is -0.263 e. The summed E-state index contributed by atoms with van der Waals surface area (Å²) < 4.78 is 35.6. The highest BCUT2D eigenvalue weighted by Crippen LogP contribution is 2.24. The summed E-state index contributed by atoms with van der Waals surface area (Å²) in [6.45, 7) is -1.33. The molecule has 1 rings (SSSR count). The van der Waals surface area contributed by atoms with E-state index in [0.717, 1.165) is 0 Å². The van der Waals surface area contributed by atoms with E-state index in [1.54, 1.807) is 0 Å². The predicted molar refractivity (Wildman–Crippen MR) is 59.8 cm³/mol. The zero-order valence-electron chi connectivity index (χ0n) is 7.65. The van der Waals surface area contributed by atoms with Crippen LogP contribution in [0.25, 0.3) is 0 Å². The average molecular weight is 290 g/mol. The molecule has 0 atom stereocenters. The number of benzene rings is 1. The topological polar surface area (TPSA) is 12.4 Å². The van der Waals surface area contributed by atoms with Gasteiger partial charge in [-0.05, 0) is 12.1 Å². The van der Waals surface area contributed by atoms with Crippen molar-refractivity contribution < 1.29 is 13.2 Å². The molecule has 0 fully saturated rings. The summed E-state index contributed by atoms with van der Waals surface area (Å²) in [4.78, 5) is 3.19. The third-order valence-electron chi connectivity index (χ3n) is 1.55. The van der Waals surface area contributed by atoms with Gasteiger partial charge >= 0.3 is 6.18 Å². The van der Waals surface area contributed by atoms with Gasteiger partial charge in [0.1, 0.15) is 11.7 Å². The molecular weight excluding hydrogens is 285 g/mol. The van der Waals surface area contributed by atoms with Crippen molar-refractivity contribution in [1.82, 2.24) is 0 Å². The molecule has 0 aromatic heterocycles. The lowest BCUT2D eigenvalue weighted by Gasteiger charge is -2.04. The first kappa shape index (κ1) is 13.6. The van der Waals surface area contributed by atoms with E-state index in [2.05, 4.69) is 4.99 Å². The Balaban J connectivity index is 2.88. The largest absolute Gasteiger partial charge is 0.408 e. The van der Waals surface area contributed by atoms with Gasteiger partial charge in [-0.15, -0.1) is 0 Å². The van der Waals surface area contributed by atoms with Crippen molar-refractivity contribution >= 4 is 40.0 Å². The van der Waals surface area contributed by atoms with Gasteiger partial charge in [0.15, 0.2) is 0 Å². The standard InChI is InChI=1S/C9H5Cl3F3N/c10-6-2-1-5(3-7(6)11)8(12)16-4-9(13,14)15/h1-3H,4H2/b16-8-. The fourth-order valence-corrected chi connectivity index (χ4v) is 1.35. The summed E-state index contributed by atoms with van der Waals surface area (Å²) in [6.07, 6.45) is -4.38. The summed E-state index contributed by atoms with van der Waals surface area (Å²) in [5.41, 5.74) is 0.292. The Morgan fingerprint density at radius 2 is 1.81 bits per heavy atom. The van der Waals surface area contributed by atoms with E-state index < -0.39 is 12.7 Å². The van der Waals surface area contributed by atoms with Crippen LogP contribution in [-0.2, 0) is 0 Å². The van der Waals surface area contributed by atoms with E-state index in [-0.39, 0.29) is 10.2 Å². The minimum atomic E-state index is -4.38. The van der Waals surface area contributed by atoms with Crippen LogP contribution in [0.1, 0.15) is 5.56 Å². The number of alkyl halides is 3. The zero-order chi connectivity index (χ0) is 12.3. The summed E-state index contributed by atoms with van der Waals surface area (Å²) in [5, 5.41) is 0.251. The van der Waals surface area contributed by atoms with Crippen LogP contribution in [0.5, 0.6) is 0 Å². The molecule has 0 heterocycles. The summed E-state index contributed by atoms with van der Waals surface area (Å²) in [6, 6.07) is 4.23. The first-order chi connectivity index (χ1) is 7.29. The Morgan fingerprint density at radius 1 is 1.19 bits per heavy atom. The molecule has 0 aliphatic heterocycles. The molecular formula is C9H5Cl3F3N. The van der Waals surface area contributed by atoms with Crippen molar-refractivity contribution in [3.63, 3.8) is 0 Å². The fourth-order valence-electron chi connectivity index (χ4n) is 0.875. The number of nitrogens with zero attached hydrogens (tertiary/aromatic N) is 1. The van der Waals surface area contributed by atoms with Crippen LogP contribution in [-0.4, -0.2) is 17.9 Å². The monoisotopic (exact) mass is 289 g/mol. The van der Waals surface area contributed by atoms with E-state index in [1.165, 1.54) is 18.2 Å². The maximum absolute atomic E-state index is 11.9. The van der Waals surface area contributed by atoms with E-state index in [4.69, 9.17) is 34.8 Å². The molecule has 0 aliphatic carbocycles. The van der Waals surface area contributed by atoms with Gasteiger partial charge < -0.3 is 0 Å². The van der Waals surface area contributed by atoms with Crippen LogP contribution in [0.3, 0.4) is 0 Å². The third-order valence-corrected chi connectivity index (χ3v) is 2.63. The molecule has 1 aromatic carbocycles. The van der Waals surface area contributed by atoms with Gasteiger partial charge in [-0.3, -0.25) is 4.99 Å². The highest BCUT2D eigenvalue weighted by molar-refractivity contribution is 6.69. The molecule has 1 aromatic rings. The van der Waals surface area contributed by atoms with E-state index in [1.807, 2.05) is 0 Å². The highest BCUT2D eigenvalue weighted by atomic mass is 35.5. The number of halogens is 6. The number of aliphatic imine (C=N–C) groups is 1. The highest BCUT2D eigenvalue weighted by Gasteiger charge is 2.26. The van der Waals surface area contributed by atoms with Gasteiger partial charge in [0, 0.05) is 5.56 Å².